The maximum atomic E-state index is 13.7. The second kappa shape index (κ2) is 12.1. The zero-order valence-electron chi connectivity index (χ0n) is 27.7. The summed E-state index contributed by atoms with van der Waals surface area (Å²) in [4.78, 5) is 25.1. The maximum absolute atomic E-state index is 13.7. The van der Waals surface area contributed by atoms with Crippen molar-refractivity contribution in [3.8, 4) is 0 Å². The molecule has 0 radical (unpaired) electrons. The van der Waals surface area contributed by atoms with Crippen LogP contribution >= 0.6 is 0 Å². The van der Waals surface area contributed by atoms with Gasteiger partial charge >= 0.3 is 11.9 Å². The number of aliphatic hydroxyl groups is 1. The molecule has 4 rings (SSSR count). The summed E-state index contributed by atoms with van der Waals surface area (Å²) in [6, 6.07) is 0. The quantitative estimate of drug-likeness (QED) is 0.103. The van der Waals surface area contributed by atoms with Gasteiger partial charge in [-0.05, 0) is 124 Å². The monoisotopic (exact) mass is 584 g/mol. The third-order valence-corrected chi connectivity index (χ3v) is 12.5. The Morgan fingerprint density at radius 2 is 1.71 bits per heavy atom. The van der Waals surface area contributed by atoms with Crippen molar-refractivity contribution in [1.82, 2.24) is 0 Å². The van der Waals surface area contributed by atoms with Crippen LogP contribution < -0.4 is 0 Å². The average molecular weight is 585 g/mol. The van der Waals surface area contributed by atoms with Gasteiger partial charge in [0.1, 0.15) is 6.10 Å². The first kappa shape index (κ1) is 32.8. The van der Waals surface area contributed by atoms with E-state index in [1.807, 2.05) is 20.8 Å². The zero-order valence-corrected chi connectivity index (χ0v) is 27.7. The SMILES string of the molecule is C=C(C)OC1C[C@@]2(C)[C@@H](C[C@@H](O)[C@H]3[C@@]4(C)CC[C@@H](C)[C@H](C)[C@@H]4CC[C@@]32C)/C1=C(\CCC=C(C)C)C(=O)OCOC(C)=O. The molecule has 1 N–H and O–H groups in total. The van der Waals surface area contributed by atoms with Gasteiger partial charge in [0.05, 0.1) is 11.9 Å². The van der Waals surface area contributed by atoms with E-state index in [0.29, 0.717) is 48.3 Å². The van der Waals surface area contributed by atoms with Gasteiger partial charge < -0.3 is 19.3 Å². The van der Waals surface area contributed by atoms with E-state index in [1.54, 1.807) is 0 Å². The van der Waals surface area contributed by atoms with Gasteiger partial charge in [0.2, 0.25) is 6.79 Å². The molecule has 42 heavy (non-hydrogen) atoms. The molecule has 0 aliphatic heterocycles. The minimum absolute atomic E-state index is 0.0267. The van der Waals surface area contributed by atoms with Crippen molar-refractivity contribution in [2.24, 2.45) is 45.8 Å². The molecular weight excluding hydrogens is 528 g/mol. The Kier molecular flexibility index (Phi) is 9.48. The van der Waals surface area contributed by atoms with E-state index in [-0.39, 0.29) is 34.2 Å². The van der Waals surface area contributed by atoms with E-state index in [0.717, 1.165) is 24.8 Å². The number of ether oxygens (including phenoxy) is 3. The van der Waals surface area contributed by atoms with Crippen molar-refractivity contribution < 1.29 is 28.9 Å². The molecule has 6 nitrogen and oxygen atoms in total. The first-order valence-corrected chi connectivity index (χ1v) is 16.2. The summed E-state index contributed by atoms with van der Waals surface area (Å²) in [5, 5.41) is 12.2. The minimum atomic E-state index is -0.497. The van der Waals surface area contributed by atoms with Crippen LogP contribution in [0.2, 0.25) is 0 Å². The highest BCUT2D eigenvalue weighted by Gasteiger charge is 2.70. The van der Waals surface area contributed by atoms with Crippen LogP contribution in [0.5, 0.6) is 0 Å². The highest BCUT2D eigenvalue weighted by atomic mass is 16.7. The number of allylic oxidation sites excluding steroid dienone is 3. The van der Waals surface area contributed by atoms with Gasteiger partial charge in [0.25, 0.3) is 0 Å². The number of carbonyl (C=O) groups is 2. The predicted octanol–water partition coefficient (Wildman–Crippen LogP) is 7.91. The molecule has 6 heteroatoms. The molecule has 4 aliphatic rings. The molecule has 0 amide bonds. The van der Waals surface area contributed by atoms with Gasteiger partial charge in [0, 0.05) is 12.5 Å². The van der Waals surface area contributed by atoms with Crippen LogP contribution in [0.15, 0.2) is 35.1 Å². The Morgan fingerprint density at radius 3 is 2.33 bits per heavy atom. The second-order valence-corrected chi connectivity index (χ2v) is 15.1. The third kappa shape index (κ3) is 5.62. The summed E-state index contributed by atoms with van der Waals surface area (Å²) in [5.41, 5.74) is 2.51. The molecule has 0 aromatic heterocycles. The molecule has 0 bridgehead atoms. The molecule has 0 aromatic carbocycles. The molecule has 0 saturated heterocycles. The van der Waals surface area contributed by atoms with Gasteiger partial charge in [-0.15, -0.1) is 0 Å². The largest absolute Gasteiger partial charge is 0.491 e. The van der Waals surface area contributed by atoms with E-state index in [4.69, 9.17) is 14.2 Å². The van der Waals surface area contributed by atoms with Crippen LogP contribution in [0, 0.1) is 45.8 Å². The van der Waals surface area contributed by atoms with Crippen LogP contribution in [0.3, 0.4) is 0 Å². The van der Waals surface area contributed by atoms with Gasteiger partial charge in [-0.1, -0.05) is 52.8 Å². The second-order valence-electron chi connectivity index (χ2n) is 15.1. The third-order valence-electron chi connectivity index (χ3n) is 12.5. The summed E-state index contributed by atoms with van der Waals surface area (Å²) in [7, 11) is 0. The fourth-order valence-corrected chi connectivity index (χ4v) is 10.3. The van der Waals surface area contributed by atoms with E-state index >= 15 is 0 Å². The lowest BCUT2D eigenvalue weighted by molar-refractivity contribution is -0.229. The average Bonchev–Trinajstić information content (AvgIpc) is 3.15. The predicted molar refractivity (Wildman–Crippen MR) is 165 cm³/mol. The van der Waals surface area contributed by atoms with Gasteiger partial charge in [0.15, 0.2) is 0 Å². The van der Waals surface area contributed by atoms with E-state index < -0.39 is 24.8 Å². The molecular formula is C36H56O6. The molecule has 4 fully saturated rings. The fourth-order valence-electron chi connectivity index (χ4n) is 10.3. The summed E-state index contributed by atoms with van der Waals surface area (Å²) in [5.74, 6) is 1.79. The van der Waals surface area contributed by atoms with Crippen LogP contribution in [0.4, 0.5) is 0 Å². The summed E-state index contributed by atoms with van der Waals surface area (Å²) < 4.78 is 16.9. The maximum Gasteiger partial charge on any atom is 0.336 e. The smallest absolute Gasteiger partial charge is 0.336 e. The van der Waals surface area contributed by atoms with E-state index in [9.17, 15) is 14.7 Å². The first-order chi connectivity index (χ1) is 19.6. The molecule has 0 heterocycles. The molecule has 0 spiro atoms. The normalized spacial score (nSPS) is 41.9. The Labute approximate surface area is 254 Å². The highest BCUT2D eigenvalue weighted by Crippen LogP contribution is 2.74. The zero-order chi connectivity index (χ0) is 31.2. The number of fused-ring (bicyclic) bond motifs is 5. The molecule has 4 saturated carbocycles. The van der Waals surface area contributed by atoms with Crippen LogP contribution in [0.25, 0.3) is 0 Å². The standard InChI is InChI=1S/C36H56O6/c1-21(2)12-11-13-26(33(39)41-20-40-25(7)37)31-28-18-29(38)32-34(8)16-14-23(5)24(6)27(34)15-17-35(32,9)36(28,10)19-30(31)42-22(3)4/h12,23-24,27-30,32,38H,3,11,13-20H2,1-2,4-10H3/b31-26-/t23-,24+,27+,28+,29-,30?,32+,34+,35+,36+/m1/s1. The molecule has 1 unspecified atom stereocenters. The van der Waals surface area contributed by atoms with Crippen molar-refractivity contribution in [1.29, 1.82) is 0 Å². The lowest BCUT2D eigenvalue weighted by atomic mass is 9.36. The van der Waals surface area contributed by atoms with Crippen molar-refractivity contribution in [3.63, 3.8) is 0 Å². The van der Waals surface area contributed by atoms with Gasteiger partial charge in [-0.2, -0.15) is 0 Å². The lowest BCUT2D eigenvalue weighted by Crippen LogP contribution is -2.65. The summed E-state index contributed by atoms with van der Waals surface area (Å²) >= 11 is 0. The van der Waals surface area contributed by atoms with Crippen LogP contribution in [-0.2, 0) is 23.8 Å². The summed E-state index contributed by atoms with van der Waals surface area (Å²) in [6.45, 7) is 23.0. The topological polar surface area (TPSA) is 82.1 Å². The molecule has 236 valence electrons. The Bertz CT molecular complexity index is 1130. The number of esters is 2. The van der Waals surface area contributed by atoms with Crippen molar-refractivity contribution in [3.05, 3.63) is 35.1 Å². The lowest BCUT2D eigenvalue weighted by Gasteiger charge is -2.69. The summed E-state index contributed by atoms with van der Waals surface area (Å²) in [6.07, 6.45) is 8.52. The molecule has 4 aliphatic carbocycles. The Balaban J connectivity index is 1.81. The number of carbonyl (C=O) groups excluding carboxylic acids is 2. The Morgan fingerprint density at radius 1 is 1.02 bits per heavy atom. The van der Waals surface area contributed by atoms with Crippen LogP contribution in [-0.4, -0.2) is 36.0 Å². The number of hydrogen-bond donors (Lipinski definition) is 1. The molecule has 0 aromatic rings. The Hall–Kier alpha value is -2.08. The minimum Gasteiger partial charge on any atom is -0.491 e. The van der Waals surface area contributed by atoms with Gasteiger partial charge in [-0.3, -0.25) is 4.79 Å². The molecule has 10 atom stereocenters. The van der Waals surface area contributed by atoms with Crippen molar-refractivity contribution in [2.75, 3.05) is 6.79 Å². The van der Waals surface area contributed by atoms with E-state index in [1.165, 1.54) is 25.3 Å². The van der Waals surface area contributed by atoms with Crippen LogP contribution in [0.1, 0.15) is 114 Å². The number of hydrogen-bond acceptors (Lipinski definition) is 6. The highest BCUT2D eigenvalue weighted by molar-refractivity contribution is 5.90. The van der Waals surface area contributed by atoms with Crippen molar-refractivity contribution in [2.45, 2.75) is 126 Å². The first-order valence-electron chi connectivity index (χ1n) is 16.2. The van der Waals surface area contributed by atoms with E-state index in [2.05, 4.69) is 47.3 Å². The van der Waals surface area contributed by atoms with Crippen molar-refractivity contribution >= 4 is 11.9 Å². The van der Waals surface area contributed by atoms with Gasteiger partial charge in [-0.25, -0.2) is 4.79 Å². The number of rotatable bonds is 8. The number of aliphatic hydroxyl groups excluding tert-OH is 1. The fraction of sp³-hybridized carbons (Fsp3) is 0.778.